The first-order chi connectivity index (χ1) is 16.1. The molecule has 0 unspecified atom stereocenters. The molecule has 2 N–H and O–H groups in total. The van der Waals surface area contributed by atoms with Crippen LogP contribution in [0.4, 0.5) is 5.82 Å². The quantitative estimate of drug-likeness (QED) is 0.488. The minimum absolute atomic E-state index is 0.0150. The zero-order valence-electron chi connectivity index (χ0n) is 18.1. The van der Waals surface area contributed by atoms with Crippen molar-refractivity contribution in [3.05, 3.63) is 60.9 Å². The zero-order valence-corrected chi connectivity index (χ0v) is 18.1. The molecule has 8 nitrogen and oxygen atoms in total. The monoisotopic (exact) mass is 438 g/mol. The highest BCUT2D eigenvalue weighted by molar-refractivity contribution is 5.98. The van der Waals surface area contributed by atoms with Crippen LogP contribution in [0.15, 0.2) is 60.9 Å². The molecule has 0 bridgehead atoms. The largest absolute Gasteiger partial charge is 0.457 e. The van der Waals surface area contributed by atoms with Crippen LogP contribution in [0.2, 0.25) is 0 Å². The third-order valence-electron chi connectivity index (χ3n) is 5.65. The molecular weight excluding hydrogens is 416 g/mol. The fourth-order valence-electron chi connectivity index (χ4n) is 4.07. The van der Waals surface area contributed by atoms with Gasteiger partial charge in [0.15, 0.2) is 5.65 Å². The van der Waals surface area contributed by atoms with E-state index in [4.69, 9.17) is 15.6 Å². The molecule has 0 aliphatic carbocycles. The standard InChI is InChI=1S/C25H22N6O2/c1-2-6-21(32)30-14-13-18(15-30)31-25-22(24(26)27-16-28-25)23(29-31)17-9-11-20(12-10-17)33-19-7-4-3-5-8-19/h3-5,7-12,16,18H,13-15H2,1H3,(H2,26,27,28)/t18-/m0/s1. The van der Waals surface area contributed by atoms with Crippen molar-refractivity contribution in [3.8, 4) is 34.6 Å². The Hall–Kier alpha value is -4.38. The molecule has 1 atom stereocenters. The van der Waals surface area contributed by atoms with Crippen molar-refractivity contribution in [3.63, 3.8) is 0 Å². The van der Waals surface area contributed by atoms with Gasteiger partial charge in [-0.05, 0) is 55.7 Å². The lowest BCUT2D eigenvalue weighted by Gasteiger charge is -2.14. The fraction of sp³-hybridized carbons (Fsp3) is 0.200. The van der Waals surface area contributed by atoms with Gasteiger partial charge < -0.3 is 15.4 Å². The molecule has 4 aromatic rings. The minimum Gasteiger partial charge on any atom is -0.457 e. The highest BCUT2D eigenvalue weighted by Gasteiger charge is 2.30. The van der Waals surface area contributed by atoms with Crippen molar-refractivity contribution < 1.29 is 9.53 Å². The minimum atomic E-state index is -0.167. The number of benzene rings is 2. The number of hydrogen-bond acceptors (Lipinski definition) is 6. The summed E-state index contributed by atoms with van der Waals surface area (Å²) in [7, 11) is 0. The van der Waals surface area contributed by atoms with Gasteiger partial charge in [0.1, 0.15) is 29.3 Å². The number of nitrogen functional groups attached to an aromatic ring is 1. The zero-order chi connectivity index (χ0) is 22.8. The molecule has 3 heterocycles. The van der Waals surface area contributed by atoms with Gasteiger partial charge in [-0.3, -0.25) is 4.79 Å². The van der Waals surface area contributed by atoms with Gasteiger partial charge in [0, 0.05) is 18.7 Å². The molecule has 2 aromatic carbocycles. The van der Waals surface area contributed by atoms with E-state index in [0.29, 0.717) is 35.6 Å². The first-order valence-corrected chi connectivity index (χ1v) is 10.7. The Morgan fingerprint density at radius 3 is 2.61 bits per heavy atom. The summed E-state index contributed by atoms with van der Waals surface area (Å²) in [6.07, 6.45) is 2.21. The number of anilines is 1. The predicted octanol–water partition coefficient (Wildman–Crippen LogP) is 3.66. The molecule has 0 radical (unpaired) electrons. The van der Waals surface area contributed by atoms with E-state index in [2.05, 4.69) is 21.8 Å². The lowest BCUT2D eigenvalue weighted by Crippen LogP contribution is -2.28. The second kappa shape index (κ2) is 8.63. The van der Waals surface area contributed by atoms with Crippen LogP contribution in [0, 0.1) is 11.8 Å². The molecule has 1 aliphatic heterocycles. The molecule has 1 saturated heterocycles. The summed E-state index contributed by atoms with van der Waals surface area (Å²) in [5.74, 6) is 6.97. The number of nitrogens with two attached hydrogens (primary N) is 1. The van der Waals surface area contributed by atoms with Gasteiger partial charge in [0.05, 0.1) is 11.4 Å². The van der Waals surface area contributed by atoms with Gasteiger partial charge in [0.25, 0.3) is 5.91 Å². The molecule has 1 amide bonds. The molecule has 1 fully saturated rings. The van der Waals surface area contributed by atoms with E-state index >= 15 is 0 Å². The lowest BCUT2D eigenvalue weighted by atomic mass is 10.1. The van der Waals surface area contributed by atoms with E-state index in [1.54, 1.807) is 11.8 Å². The van der Waals surface area contributed by atoms with Crippen molar-refractivity contribution in [1.29, 1.82) is 0 Å². The molecule has 0 spiro atoms. The van der Waals surface area contributed by atoms with Crippen LogP contribution in [0.3, 0.4) is 0 Å². The average Bonchev–Trinajstić information content (AvgIpc) is 3.47. The van der Waals surface area contributed by atoms with Crippen LogP contribution in [0.25, 0.3) is 22.3 Å². The summed E-state index contributed by atoms with van der Waals surface area (Å²) < 4.78 is 7.76. The smallest absolute Gasteiger partial charge is 0.298 e. The number of likely N-dealkylation sites (tertiary alicyclic amines) is 1. The average molecular weight is 438 g/mol. The van der Waals surface area contributed by atoms with Crippen molar-refractivity contribution in [2.75, 3.05) is 18.8 Å². The number of hydrogen-bond donors (Lipinski definition) is 1. The Morgan fingerprint density at radius 2 is 1.85 bits per heavy atom. The number of fused-ring (bicyclic) bond motifs is 1. The van der Waals surface area contributed by atoms with Crippen molar-refractivity contribution >= 4 is 22.8 Å². The van der Waals surface area contributed by atoms with Crippen molar-refractivity contribution in [2.45, 2.75) is 19.4 Å². The summed E-state index contributed by atoms with van der Waals surface area (Å²) in [5, 5.41) is 5.58. The van der Waals surface area contributed by atoms with Gasteiger partial charge in [-0.15, -0.1) is 0 Å². The van der Waals surface area contributed by atoms with Gasteiger partial charge in [-0.2, -0.15) is 5.10 Å². The number of aromatic nitrogens is 4. The lowest BCUT2D eigenvalue weighted by molar-refractivity contribution is -0.124. The fourth-order valence-corrected chi connectivity index (χ4v) is 4.07. The van der Waals surface area contributed by atoms with Crippen molar-refractivity contribution in [2.24, 2.45) is 0 Å². The molecular formula is C25H22N6O2. The van der Waals surface area contributed by atoms with E-state index in [9.17, 15) is 4.79 Å². The normalized spacial score (nSPS) is 15.3. The Balaban J connectivity index is 1.48. The van der Waals surface area contributed by atoms with Crippen LogP contribution < -0.4 is 10.5 Å². The van der Waals surface area contributed by atoms with E-state index in [0.717, 1.165) is 23.5 Å². The van der Waals surface area contributed by atoms with E-state index in [1.165, 1.54) is 6.33 Å². The van der Waals surface area contributed by atoms with Gasteiger partial charge in [-0.1, -0.05) is 24.1 Å². The molecule has 8 heteroatoms. The molecule has 0 saturated carbocycles. The van der Waals surface area contributed by atoms with Crippen molar-refractivity contribution in [1.82, 2.24) is 24.6 Å². The molecule has 164 valence electrons. The Kier molecular flexibility index (Phi) is 5.37. The number of carbonyl (C=O) groups is 1. The molecule has 33 heavy (non-hydrogen) atoms. The Labute approximate surface area is 191 Å². The number of rotatable bonds is 4. The highest BCUT2D eigenvalue weighted by Crippen LogP contribution is 2.34. The Bertz CT molecular complexity index is 1370. The van der Waals surface area contributed by atoms with Gasteiger partial charge in [0.2, 0.25) is 0 Å². The van der Waals surface area contributed by atoms with E-state index in [-0.39, 0.29) is 11.9 Å². The molecule has 5 rings (SSSR count). The summed E-state index contributed by atoms with van der Waals surface area (Å²) >= 11 is 0. The summed E-state index contributed by atoms with van der Waals surface area (Å²) in [6, 6.07) is 17.3. The molecule has 1 aliphatic rings. The SMILES string of the molecule is CC#CC(=O)N1CC[C@H](n2nc(-c3ccc(Oc4ccccc4)cc3)c3c(N)ncnc32)C1. The third kappa shape index (κ3) is 3.96. The predicted molar refractivity (Wildman–Crippen MR) is 125 cm³/mol. The van der Waals surface area contributed by atoms with Crippen LogP contribution in [-0.4, -0.2) is 43.6 Å². The number of para-hydroxylation sites is 1. The first kappa shape index (κ1) is 20.5. The van der Waals surface area contributed by atoms with Crippen LogP contribution >= 0.6 is 0 Å². The first-order valence-electron chi connectivity index (χ1n) is 10.7. The second-order valence-corrected chi connectivity index (χ2v) is 7.76. The third-order valence-corrected chi connectivity index (χ3v) is 5.65. The number of ether oxygens (including phenoxy) is 1. The highest BCUT2D eigenvalue weighted by atomic mass is 16.5. The molecule has 2 aromatic heterocycles. The second-order valence-electron chi connectivity index (χ2n) is 7.76. The van der Waals surface area contributed by atoms with Gasteiger partial charge in [-0.25, -0.2) is 14.6 Å². The maximum Gasteiger partial charge on any atom is 0.298 e. The number of nitrogens with zero attached hydrogens (tertiary/aromatic N) is 5. The maximum atomic E-state index is 12.2. The van der Waals surface area contributed by atoms with Crippen LogP contribution in [0.1, 0.15) is 19.4 Å². The summed E-state index contributed by atoms with van der Waals surface area (Å²) in [4.78, 5) is 22.6. The topological polar surface area (TPSA) is 99.2 Å². The van der Waals surface area contributed by atoms with E-state index < -0.39 is 0 Å². The van der Waals surface area contributed by atoms with Crippen LogP contribution in [0.5, 0.6) is 11.5 Å². The van der Waals surface area contributed by atoms with Gasteiger partial charge >= 0.3 is 0 Å². The summed E-state index contributed by atoms with van der Waals surface area (Å²) in [6.45, 7) is 2.81. The maximum absolute atomic E-state index is 12.2. The number of carbonyl (C=O) groups excluding carboxylic acids is 1. The van der Waals surface area contributed by atoms with Crippen LogP contribution in [-0.2, 0) is 4.79 Å². The summed E-state index contributed by atoms with van der Waals surface area (Å²) in [5.41, 5.74) is 8.48. The van der Waals surface area contributed by atoms with E-state index in [1.807, 2.05) is 59.3 Å². The number of amides is 1. The Morgan fingerprint density at radius 1 is 1.09 bits per heavy atom.